The zero-order chi connectivity index (χ0) is 65.4. The third-order valence-electron chi connectivity index (χ3n) is 10.8. The number of hydrogen-bond donors (Lipinski definition) is 6. The zero-order valence-electron chi connectivity index (χ0n) is 54.1. The van der Waals surface area contributed by atoms with E-state index in [-0.39, 0.29) is 87.2 Å². The van der Waals surface area contributed by atoms with Crippen molar-refractivity contribution in [3.8, 4) is 0 Å². The average molecular weight is 1140 g/mol. The Hall–Kier alpha value is -5.25. The Labute approximate surface area is 480 Å². The quantitative estimate of drug-likeness (QED) is 0.0372. The normalized spacial score (nSPS) is 11.5. The molecule has 0 heterocycles. The number of amides is 5. The molecule has 0 saturated carbocycles. The Morgan fingerprint density at radius 3 is 1.25 bits per heavy atom. The van der Waals surface area contributed by atoms with Gasteiger partial charge in [-0.25, -0.2) is 0 Å². The molecule has 0 aliphatic heterocycles. The van der Waals surface area contributed by atoms with Gasteiger partial charge in [0.25, 0.3) is 0 Å². The summed E-state index contributed by atoms with van der Waals surface area (Å²) < 4.78 is 73.7. The SMILES string of the molecule is C=C=C=C=C.CC(=O)CC[C@@H](CCCCNC(=O)CCOCCOCCOCCOCCCC(=O)CCCC(=O)NCCOCCOCCOCCOCCC(=O)NCCCC[C@H](NCC(C)=O)C(N)=O)C(N)=O.CCC(C)=O.[2HH].[2H][2H].[2H][2H].[2H][2H]. The standard InChI is InChI=1S/C47H86N6O16.C5H4.C4H8O.4H2/c1-38(54)14-15-40(46(48)60)9-3-5-18-50-44(58)16-22-63-26-30-67-34-33-66-29-25-62-21-8-11-41(56)10-7-13-43(57)52-20-24-65-28-32-69-36-35-68-31-27-64-23-17-45(59)51-19-6-4-12-42(47(49)61)53-37-39(2)55;1-3-5-4-2;1-3-4(2)5;;;;/h40,42,53H,3-37H2,1-2H3,(H2,48,60)(H2,49,61)(H,50,58)(H,51,59)(H,52,57);1-2H2;3H2,1-2H3;4*1H/t40-,42+;;;;;;/m1....../s1/i;;;3*1+1D;1+1. The Morgan fingerprint density at radius 1 is 0.443 bits per heavy atom. The van der Waals surface area contributed by atoms with Gasteiger partial charge in [-0.05, 0) is 91.0 Å². The summed E-state index contributed by atoms with van der Waals surface area (Å²) in [5, 5.41) is 11.3. The van der Waals surface area contributed by atoms with Crippen LogP contribution in [0.25, 0.3) is 0 Å². The van der Waals surface area contributed by atoms with Crippen LogP contribution in [0, 0.1) is 5.92 Å². The predicted octanol–water partition coefficient (Wildman–Crippen LogP) is 3.85. The van der Waals surface area contributed by atoms with E-state index in [9.17, 15) is 43.2 Å². The molecular weight excluding hydrogens is 1030 g/mol. The lowest BCUT2D eigenvalue weighted by molar-refractivity contribution is -0.124. The molecule has 0 rings (SSSR count). The van der Waals surface area contributed by atoms with Gasteiger partial charge < -0.3 is 74.9 Å². The molecule has 0 radical (unpaired) electrons. The van der Waals surface area contributed by atoms with Gasteiger partial charge in [-0.1, -0.05) is 24.8 Å². The van der Waals surface area contributed by atoms with Crippen molar-refractivity contribution in [3.63, 3.8) is 0 Å². The first kappa shape index (κ1) is 71.8. The summed E-state index contributed by atoms with van der Waals surface area (Å²) >= 11 is 0. The fourth-order valence-corrected chi connectivity index (χ4v) is 6.25. The number of ether oxygens (including phenoxy) is 8. The van der Waals surface area contributed by atoms with Gasteiger partial charge in [0.15, 0.2) is 0 Å². The number of primary amides is 2. The molecule has 79 heavy (non-hydrogen) atoms. The van der Waals surface area contributed by atoms with Crippen molar-refractivity contribution in [1.82, 2.24) is 21.3 Å². The first-order chi connectivity index (χ1) is 41.0. The fourth-order valence-electron chi connectivity index (χ4n) is 6.25. The summed E-state index contributed by atoms with van der Waals surface area (Å²) in [6.07, 6.45) is 7.92. The number of carbonyl (C=O) groups is 9. The van der Waals surface area contributed by atoms with Crippen molar-refractivity contribution in [2.75, 3.05) is 132 Å². The Balaban J connectivity index is -0.000000653. The minimum Gasteiger partial charge on any atom is -0.379 e. The summed E-state index contributed by atoms with van der Waals surface area (Å²) in [6, 6.07) is -0.565. The summed E-state index contributed by atoms with van der Waals surface area (Å²) in [5.41, 5.74) is 17.8. The van der Waals surface area contributed by atoms with Crippen LogP contribution < -0.4 is 32.7 Å². The van der Waals surface area contributed by atoms with Crippen molar-refractivity contribution in [2.24, 2.45) is 17.4 Å². The van der Waals surface area contributed by atoms with Crippen LogP contribution >= 0.6 is 0 Å². The smallest absolute Gasteiger partial charge is 0.234 e. The molecule has 0 aliphatic rings. The van der Waals surface area contributed by atoms with E-state index in [4.69, 9.17) is 58.3 Å². The number of rotatable bonds is 54. The molecular formula is C56H106N6O17. The van der Waals surface area contributed by atoms with Crippen molar-refractivity contribution in [3.05, 3.63) is 30.4 Å². The van der Waals surface area contributed by atoms with Crippen LogP contribution in [0.15, 0.2) is 30.4 Å². The maximum absolute atomic E-state index is 12.2. The molecule has 0 spiro atoms. The first-order valence-corrected chi connectivity index (χ1v) is 27.5. The number of Topliss-reactive ketones (excluding diaryl/α,β-unsaturated/α-hetero) is 4. The van der Waals surface area contributed by atoms with E-state index in [2.05, 4.69) is 51.6 Å². The molecule has 0 saturated heterocycles. The van der Waals surface area contributed by atoms with Crippen LogP contribution in [0.3, 0.4) is 0 Å². The topological polar surface area (TPSA) is 328 Å². The van der Waals surface area contributed by atoms with Gasteiger partial charge in [-0.3, -0.25) is 38.9 Å². The van der Waals surface area contributed by atoms with Crippen LogP contribution in [-0.2, 0) is 81.0 Å². The van der Waals surface area contributed by atoms with Crippen molar-refractivity contribution < 1.29 is 91.4 Å². The number of unbranched alkanes of at least 4 members (excludes halogenated alkanes) is 2. The molecule has 0 aromatic heterocycles. The molecule has 0 aromatic carbocycles. The number of nitrogens with two attached hydrogens (primary N) is 2. The van der Waals surface area contributed by atoms with E-state index in [1.807, 2.05) is 6.92 Å². The third-order valence-corrected chi connectivity index (χ3v) is 10.8. The van der Waals surface area contributed by atoms with E-state index in [0.29, 0.717) is 183 Å². The molecule has 23 heteroatoms. The largest absolute Gasteiger partial charge is 0.379 e. The Kier molecular flexibility index (Phi) is 54.9. The lowest BCUT2D eigenvalue weighted by atomic mass is 9.95. The van der Waals surface area contributed by atoms with Crippen LogP contribution in [0.2, 0.25) is 0 Å². The second-order valence-electron chi connectivity index (χ2n) is 17.8. The molecule has 0 aromatic rings. The molecule has 0 fully saturated rings. The molecule has 0 aliphatic carbocycles. The van der Waals surface area contributed by atoms with Gasteiger partial charge in [0.1, 0.15) is 23.1 Å². The maximum Gasteiger partial charge on any atom is 0.234 e. The van der Waals surface area contributed by atoms with Crippen molar-refractivity contribution in [1.29, 1.82) is 0 Å². The predicted molar refractivity (Wildman–Crippen MR) is 306 cm³/mol. The van der Waals surface area contributed by atoms with Gasteiger partial charge >= 0.3 is 0 Å². The minimum absolute atomic E-state index is 0. The highest BCUT2D eigenvalue weighted by atomic mass is 16.6. The van der Waals surface area contributed by atoms with Crippen LogP contribution in [0.4, 0.5) is 0 Å². The van der Waals surface area contributed by atoms with E-state index in [1.165, 1.54) is 13.8 Å². The fraction of sp³-hybridized carbons (Fsp3) is 0.750. The number of carbonyl (C=O) groups excluding carboxylic acids is 9. The van der Waals surface area contributed by atoms with E-state index in [0.717, 1.165) is 12.8 Å². The van der Waals surface area contributed by atoms with Gasteiger partial charge in [0.05, 0.1) is 112 Å². The van der Waals surface area contributed by atoms with Crippen LogP contribution in [-0.4, -0.2) is 191 Å². The van der Waals surface area contributed by atoms with Crippen LogP contribution in [0.5, 0.6) is 0 Å². The lowest BCUT2D eigenvalue weighted by Gasteiger charge is -2.14. The molecule has 0 unspecified atom stereocenters. The third kappa shape index (κ3) is 65.2. The highest BCUT2D eigenvalue weighted by molar-refractivity contribution is 5.82. The van der Waals surface area contributed by atoms with Crippen molar-refractivity contribution >= 4 is 52.7 Å². The van der Waals surface area contributed by atoms with Gasteiger partial charge in [-0.2, -0.15) is 0 Å². The van der Waals surface area contributed by atoms with Gasteiger partial charge in [0, 0.05) is 87.4 Å². The molecule has 5 amide bonds. The Bertz CT molecular complexity index is 1680. The monoisotopic (exact) mass is 1140 g/mol. The summed E-state index contributed by atoms with van der Waals surface area (Å²) in [4.78, 5) is 103. The highest BCUT2D eigenvalue weighted by Gasteiger charge is 2.16. The summed E-state index contributed by atoms with van der Waals surface area (Å²) in [5.74, 6) is -1.27. The zero-order valence-corrected chi connectivity index (χ0v) is 48.1. The second-order valence-corrected chi connectivity index (χ2v) is 17.8. The molecule has 23 nitrogen and oxygen atoms in total. The van der Waals surface area contributed by atoms with Crippen LogP contribution in [0.1, 0.15) is 141 Å². The highest BCUT2D eigenvalue weighted by Crippen LogP contribution is 2.15. The molecule has 462 valence electrons. The molecule has 0 bridgehead atoms. The number of hydrogen-bond acceptors (Lipinski definition) is 18. The van der Waals surface area contributed by atoms with Crippen molar-refractivity contribution in [2.45, 2.75) is 136 Å². The van der Waals surface area contributed by atoms with E-state index in [1.54, 1.807) is 6.92 Å². The second kappa shape index (κ2) is 60.4. The molecule has 2 atom stereocenters. The molecule has 8 N–H and O–H groups in total. The summed E-state index contributed by atoms with van der Waals surface area (Å²) in [6.45, 7) is 20.1. The minimum atomic E-state index is -0.565. The Morgan fingerprint density at radius 2 is 0.848 bits per heavy atom. The average Bonchev–Trinajstić information content (AvgIpc) is 3.51. The summed E-state index contributed by atoms with van der Waals surface area (Å²) in [7, 11) is 0. The number of nitrogens with one attached hydrogen (secondary N) is 4. The maximum atomic E-state index is 12.2. The van der Waals surface area contributed by atoms with Gasteiger partial charge in [0.2, 0.25) is 29.5 Å². The van der Waals surface area contributed by atoms with E-state index >= 15 is 0 Å². The van der Waals surface area contributed by atoms with Gasteiger partial charge in [-0.15, -0.1) is 0 Å². The number of ketones is 4. The lowest BCUT2D eigenvalue weighted by Crippen LogP contribution is -2.43. The first-order valence-electron chi connectivity index (χ1n) is 30.5. The van der Waals surface area contributed by atoms with E-state index < -0.39 is 17.9 Å².